The van der Waals surface area contributed by atoms with Crippen LogP contribution in [0.25, 0.3) is 0 Å². The second-order valence-electron chi connectivity index (χ2n) is 3.69. The molecule has 1 aromatic carbocycles. The molecule has 0 N–H and O–H groups in total. The van der Waals surface area contributed by atoms with E-state index < -0.39 is 10.7 Å². The van der Waals surface area contributed by atoms with Crippen LogP contribution in [0, 0.1) is 0 Å². The number of halogens is 1. The summed E-state index contributed by atoms with van der Waals surface area (Å²) < 4.78 is 21.2. The molecule has 15 heavy (non-hydrogen) atoms. The zero-order valence-electron chi connectivity index (χ0n) is 8.15. The highest BCUT2D eigenvalue weighted by molar-refractivity contribution is 7.72. The summed E-state index contributed by atoms with van der Waals surface area (Å²) in [6.07, 6.45) is 0.898. The van der Waals surface area contributed by atoms with Crippen LogP contribution < -0.4 is 0 Å². The van der Waals surface area contributed by atoms with E-state index in [0.29, 0.717) is 11.6 Å². The van der Waals surface area contributed by atoms with E-state index in [1.165, 1.54) is 5.56 Å². The SMILES string of the molecule is O=[SH](=O)CN1CCc2ccc(Cl)cc2C1. The lowest BCUT2D eigenvalue weighted by Gasteiger charge is -2.26. The van der Waals surface area contributed by atoms with Gasteiger partial charge in [0.2, 0.25) is 0 Å². The van der Waals surface area contributed by atoms with Gasteiger partial charge in [0.25, 0.3) is 0 Å². The minimum Gasteiger partial charge on any atom is -0.285 e. The normalized spacial score (nSPS) is 16.7. The van der Waals surface area contributed by atoms with Gasteiger partial charge in [0.1, 0.15) is 0 Å². The fourth-order valence-corrected chi connectivity index (χ4v) is 2.63. The van der Waals surface area contributed by atoms with E-state index in [0.717, 1.165) is 18.5 Å². The van der Waals surface area contributed by atoms with Crippen molar-refractivity contribution in [1.29, 1.82) is 0 Å². The number of thiol groups is 1. The smallest absolute Gasteiger partial charge is 0.153 e. The molecule has 5 heteroatoms. The second kappa shape index (κ2) is 4.51. The van der Waals surface area contributed by atoms with E-state index in [1.54, 1.807) is 0 Å². The van der Waals surface area contributed by atoms with E-state index in [-0.39, 0.29) is 5.88 Å². The highest BCUT2D eigenvalue weighted by Gasteiger charge is 2.16. The summed E-state index contributed by atoms with van der Waals surface area (Å²) in [5, 5.41) is 0.710. The third-order valence-electron chi connectivity index (χ3n) is 2.58. The van der Waals surface area contributed by atoms with Crippen molar-refractivity contribution in [3.05, 3.63) is 34.3 Å². The van der Waals surface area contributed by atoms with E-state index in [1.807, 2.05) is 23.1 Å². The monoisotopic (exact) mass is 245 g/mol. The molecule has 0 aliphatic carbocycles. The predicted molar refractivity (Wildman–Crippen MR) is 60.7 cm³/mol. The summed E-state index contributed by atoms with van der Waals surface area (Å²) in [6, 6.07) is 5.82. The van der Waals surface area contributed by atoms with Crippen molar-refractivity contribution >= 4 is 22.3 Å². The van der Waals surface area contributed by atoms with Crippen LogP contribution >= 0.6 is 11.6 Å². The van der Waals surface area contributed by atoms with Gasteiger partial charge in [-0.3, -0.25) is 4.90 Å². The van der Waals surface area contributed by atoms with Crippen molar-refractivity contribution in [2.75, 3.05) is 12.4 Å². The lowest BCUT2D eigenvalue weighted by atomic mass is 10.0. The van der Waals surface area contributed by atoms with Crippen molar-refractivity contribution in [3.63, 3.8) is 0 Å². The summed E-state index contributed by atoms with van der Waals surface area (Å²) in [4.78, 5) is 1.92. The van der Waals surface area contributed by atoms with Gasteiger partial charge in [-0.2, -0.15) is 0 Å². The quantitative estimate of drug-likeness (QED) is 0.798. The second-order valence-corrected chi connectivity index (χ2v) is 5.07. The third-order valence-corrected chi connectivity index (χ3v) is 3.44. The van der Waals surface area contributed by atoms with Crippen LogP contribution in [0.3, 0.4) is 0 Å². The Labute approximate surface area is 95.6 Å². The molecule has 0 aromatic heterocycles. The van der Waals surface area contributed by atoms with Crippen molar-refractivity contribution < 1.29 is 8.42 Å². The minimum atomic E-state index is -2.33. The van der Waals surface area contributed by atoms with Crippen molar-refractivity contribution in [3.8, 4) is 0 Å². The van der Waals surface area contributed by atoms with Crippen LogP contribution in [-0.2, 0) is 23.7 Å². The van der Waals surface area contributed by atoms with Crippen molar-refractivity contribution in [2.24, 2.45) is 0 Å². The Bertz CT molecular complexity index is 437. The Kier molecular flexibility index (Phi) is 3.29. The van der Waals surface area contributed by atoms with Gasteiger partial charge < -0.3 is 0 Å². The summed E-state index contributed by atoms with van der Waals surface area (Å²) in [5.74, 6) is 0.140. The molecule has 0 radical (unpaired) electrons. The van der Waals surface area contributed by atoms with Gasteiger partial charge in [-0.25, -0.2) is 8.42 Å². The van der Waals surface area contributed by atoms with Crippen molar-refractivity contribution in [1.82, 2.24) is 4.90 Å². The molecule has 0 saturated carbocycles. The highest BCUT2D eigenvalue weighted by atomic mass is 35.5. The molecular formula is C10H12ClNO2S. The Morgan fingerprint density at radius 2 is 2.13 bits per heavy atom. The third kappa shape index (κ3) is 2.71. The van der Waals surface area contributed by atoms with Gasteiger partial charge in [0.15, 0.2) is 10.7 Å². The summed E-state index contributed by atoms with van der Waals surface area (Å²) >= 11 is 5.89. The minimum absolute atomic E-state index is 0.140. The lowest BCUT2D eigenvalue weighted by Crippen LogP contribution is -2.31. The van der Waals surface area contributed by atoms with Gasteiger partial charge >= 0.3 is 0 Å². The van der Waals surface area contributed by atoms with Crippen LogP contribution in [0.2, 0.25) is 5.02 Å². The number of fused-ring (bicyclic) bond motifs is 1. The zero-order chi connectivity index (χ0) is 10.8. The van der Waals surface area contributed by atoms with Crippen molar-refractivity contribution in [2.45, 2.75) is 13.0 Å². The summed E-state index contributed by atoms with van der Waals surface area (Å²) in [5.41, 5.74) is 2.42. The molecule has 0 atom stereocenters. The van der Waals surface area contributed by atoms with E-state index >= 15 is 0 Å². The fourth-order valence-electron chi connectivity index (χ4n) is 1.87. The first-order chi connectivity index (χ1) is 7.15. The number of hydrogen-bond acceptors (Lipinski definition) is 3. The fraction of sp³-hybridized carbons (Fsp3) is 0.400. The molecule has 0 spiro atoms. The zero-order valence-corrected chi connectivity index (χ0v) is 9.80. The van der Waals surface area contributed by atoms with Crippen LogP contribution in [0.1, 0.15) is 11.1 Å². The molecule has 0 fully saturated rings. The maximum absolute atomic E-state index is 10.6. The number of rotatable bonds is 2. The standard InChI is InChI=1S/C10H12ClNO2S/c11-10-2-1-8-3-4-12(7-15(13)14)6-9(8)5-10/h1-2,5,15H,3-4,6-7H2. The molecule has 0 amide bonds. The van der Waals surface area contributed by atoms with E-state index in [2.05, 4.69) is 0 Å². The Hall–Kier alpha value is -0.580. The molecule has 82 valence electrons. The molecule has 1 heterocycles. The molecule has 0 bridgehead atoms. The Morgan fingerprint density at radius 3 is 2.87 bits per heavy atom. The molecule has 3 nitrogen and oxygen atoms in total. The largest absolute Gasteiger partial charge is 0.285 e. The molecule has 1 aromatic rings. The average Bonchev–Trinajstić information content (AvgIpc) is 2.16. The topological polar surface area (TPSA) is 37.4 Å². The first kappa shape index (κ1) is 10.9. The van der Waals surface area contributed by atoms with Gasteiger partial charge in [-0.15, -0.1) is 0 Å². The van der Waals surface area contributed by atoms with Gasteiger partial charge in [0, 0.05) is 18.1 Å². The predicted octanol–water partition coefficient (Wildman–Crippen LogP) is 1.27. The summed E-state index contributed by atoms with van der Waals surface area (Å²) in [7, 11) is -2.33. The van der Waals surface area contributed by atoms with Crippen LogP contribution in [-0.4, -0.2) is 25.7 Å². The number of benzene rings is 1. The lowest BCUT2D eigenvalue weighted by molar-refractivity contribution is 0.295. The molecule has 1 aliphatic heterocycles. The Balaban J connectivity index is 2.18. The average molecular weight is 246 g/mol. The van der Waals surface area contributed by atoms with Gasteiger partial charge in [-0.1, -0.05) is 17.7 Å². The number of hydrogen-bond donors (Lipinski definition) is 1. The first-order valence-electron chi connectivity index (χ1n) is 4.76. The van der Waals surface area contributed by atoms with Gasteiger partial charge in [0.05, 0.1) is 5.88 Å². The maximum Gasteiger partial charge on any atom is 0.153 e. The summed E-state index contributed by atoms with van der Waals surface area (Å²) in [6.45, 7) is 1.48. The molecular weight excluding hydrogens is 234 g/mol. The van der Waals surface area contributed by atoms with Crippen LogP contribution in [0.5, 0.6) is 0 Å². The molecule has 0 saturated heterocycles. The Morgan fingerprint density at radius 1 is 1.33 bits per heavy atom. The van der Waals surface area contributed by atoms with E-state index in [4.69, 9.17) is 11.6 Å². The number of nitrogens with zero attached hydrogens (tertiary/aromatic N) is 1. The first-order valence-corrected chi connectivity index (χ1v) is 6.50. The molecule has 0 unspecified atom stereocenters. The van der Waals surface area contributed by atoms with Gasteiger partial charge in [-0.05, 0) is 29.7 Å². The van der Waals surface area contributed by atoms with Crippen LogP contribution in [0.15, 0.2) is 18.2 Å². The molecule has 1 aliphatic rings. The van der Waals surface area contributed by atoms with E-state index in [9.17, 15) is 8.42 Å². The highest BCUT2D eigenvalue weighted by Crippen LogP contribution is 2.22. The maximum atomic E-state index is 10.6. The molecule has 2 rings (SSSR count). The van der Waals surface area contributed by atoms with Crippen LogP contribution in [0.4, 0.5) is 0 Å².